The Morgan fingerprint density at radius 3 is 2.39 bits per heavy atom. The fourth-order valence-corrected chi connectivity index (χ4v) is 6.22. The zero-order valence-corrected chi connectivity index (χ0v) is 25.2. The van der Waals surface area contributed by atoms with E-state index in [1.807, 2.05) is 75.3 Å². The number of hydrogen-bond donors (Lipinski definition) is 2. The standard InChI is InChI=1S/C34H41N5O2/c1-22-30(26-12-8-9-13-28(26)36-22)31-27(33(31,2)3)19-29(40)39(21-23-11-10-18-35-20-23)34(4,5)32(41)37-24-14-16-25(17-15-24)38(6)7/h8-18,20,27,31,36H,19,21H2,1-7H3,(H,37,41)/t27-,31+/m0/s1. The first-order valence-corrected chi connectivity index (χ1v) is 14.3. The van der Waals surface area contributed by atoms with Gasteiger partial charge in [-0.1, -0.05) is 38.1 Å². The molecule has 7 nitrogen and oxygen atoms in total. The average Bonchev–Trinajstić information content (AvgIpc) is 3.28. The maximum absolute atomic E-state index is 14.2. The predicted octanol–water partition coefficient (Wildman–Crippen LogP) is 6.51. The molecule has 4 aromatic rings. The lowest BCUT2D eigenvalue weighted by Gasteiger charge is -2.37. The van der Waals surface area contributed by atoms with Crippen LogP contribution in [0.2, 0.25) is 0 Å². The van der Waals surface area contributed by atoms with Crippen molar-refractivity contribution in [3.8, 4) is 0 Å². The monoisotopic (exact) mass is 551 g/mol. The van der Waals surface area contributed by atoms with E-state index in [0.29, 0.717) is 18.7 Å². The second-order valence-electron chi connectivity index (χ2n) is 12.6. The maximum atomic E-state index is 14.2. The SMILES string of the molecule is Cc1[nH]c2ccccc2c1[C@H]1[C@H](CC(=O)N(Cc2cccnc2)C(C)(C)C(=O)Nc2ccc(N(C)C)cc2)C1(C)C. The number of carbonyl (C=O) groups is 2. The van der Waals surface area contributed by atoms with Gasteiger partial charge in [0.2, 0.25) is 11.8 Å². The molecule has 2 N–H and O–H groups in total. The Bertz CT molecular complexity index is 1550. The third-order valence-electron chi connectivity index (χ3n) is 8.94. The summed E-state index contributed by atoms with van der Waals surface area (Å²) in [6.45, 7) is 10.6. The summed E-state index contributed by atoms with van der Waals surface area (Å²) in [6.07, 6.45) is 3.84. The van der Waals surface area contributed by atoms with Crippen LogP contribution in [0.4, 0.5) is 11.4 Å². The highest BCUT2D eigenvalue weighted by Gasteiger charge is 2.60. The van der Waals surface area contributed by atoms with E-state index < -0.39 is 5.54 Å². The molecule has 1 saturated carbocycles. The second-order valence-corrected chi connectivity index (χ2v) is 12.6. The number of carbonyl (C=O) groups excluding carboxylic acids is 2. The minimum atomic E-state index is -1.10. The van der Waals surface area contributed by atoms with Crippen molar-refractivity contribution in [3.63, 3.8) is 0 Å². The topological polar surface area (TPSA) is 81.3 Å². The first kappa shape index (κ1) is 28.4. The number of anilines is 2. The fraction of sp³-hybridized carbons (Fsp3) is 0.382. The van der Waals surface area contributed by atoms with Crippen LogP contribution in [-0.2, 0) is 16.1 Å². The van der Waals surface area contributed by atoms with E-state index in [0.717, 1.165) is 22.5 Å². The summed E-state index contributed by atoms with van der Waals surface area (Å²) in [4.78, 5) is 39.4. The molecule has 41 heavy (non-hydrogen) atoms. The Balaban J connectivity index is 1.40. The van der Waals surface area contributed by atoms with Crippen molar-refractivity contribution in [2.24, 2.45) is 11.3 Å². The van der Waals surface area contributed by atoms with Gasteiger partial charge in [-0.25, -0.2) is 0 Å². The normalized spacial score (nSPS) is 17.7. The molecule has 1 fully saturated rings. The molecule has 5 rings (SSSR count). The lowest BCUT2D eigenvalue weighted by Crippen LogP contribution is -2.54. The van der Waals surface area contributed by atoms with Gasteiger partial charge in [-0.05, 0) is 85.5 Å². The van der Waals surface area contributed by atoms with Crippen LogP contribution in [0, 0.1) is 18.3 Å². The summed E-state index contributed by atoms with van der Waals surface area (Å²) in [5.41, 5.74) is 5.08. The number of amides is 2. The van der Waals surface area contributed by atoms with Crippen molar-refractivity contribution in [2.75, 3.05) is 24.3 Å². The Labute approximate surface area is 243 Å². The fourth-order valence-electron chi connectivity index (χ4n) is 6.22. The average molecular weight is 552 g/mol. The van der Waals surface area contributed by atoms with Gasteiger partial charge >= 0.3 is 0 Å². The molecule has 2 aromatic heterocycles. The van der Waals surface area contributed by atoms with Crippen LogP contribution in [0.3, 0.4) is 0 Å². The molecule has 1 aliphatic rings. The molecule has 0 unspecified atom stereocenters. The Hall–Kier alpha value is -4.13. The van der Waals surface area contributed by atoms with Gasteiger partial charge in [0, 0.05) is 67.4 Å². The maximum Gasteiger partial charge on any atom is 0.249 e. The number of nitrogens with one attached hydrogen (secondary N) is 2. The third-order valence-corrected chi connectivity index (χ3v) is 8.94. The number of hydrogen-bond acceptors (Lipinski definition) is 4. The molecule has 2 amide bonds. The lowest BCUT2D eigenvalue weighted by molar-refractivity contribution is -0.145. The van der Waals surface area contributed by atoms with E-state index in [9.17, 15) is 9.59 Å². The number of benzene rings is 2. The van der Waals surface area contributed by atoms with Crippen molar-refractivity contribution in [3.05, 3.63) is 89.9 Å². The van der Waals surface area contributed by atoms with E-state index in [1.54, 1.807) is 17.3 Å². The summed E-state index contributed by atoms with van der Waals surface area (Å²) in [7, 11) is 3.95. The summed E-state index contributed by atoms with van der Waals surface area (Å²) < 4.78 is 0. The number of nitrogens with zero attached hydrogens (tertiary/aromatic N) is 3. The van der Waals surface area contributed by atoms with Crippen molar-refractivity contribution < 1.29 is 9.59 Å². The molecule has 2 atom stereocenters. The van der Waals surface area contributed by atoms with Crippen molar-refractivity contribution in [2.45, 2.75) is 59.0 Å². The molecule has 2 aromatic carbocycles. The zero-order valence-electron chi connectivity index (χ0n) is 25.2. The highest BCUT2D eigenvalue weighted by atomic mass is 16.2. The molecular weight excluding hydrogens is 510 g/mol. The van der Waals surface area contributed by atoms with Crippen LogP contribution in [0.5, 0.6) is 0 Å². The van der Waals surface area contributed by atoms with Crippen LogP contribution in [0.1, 0.15) is 56.9 Å². The van der Waals surface area contributed by atoms with Crippen LogP contribution in [0.15, 0.2) is 73.1 Å². The summed E-state index contributed by atoms with van der Waals surface area (Å²) in [5, 5.41) is 4.27. The quantitative estimate of drug-likeness (QED) is 0.248. The van der Waals surface area contributed by atoms with E-state index in [1.165, 1.54) is 10.9 Å². The number of aromatic nitrogens is 2. The van der Waals surface area contributed by atoms with Gasteiger partial charge in [-0.2, -0.15) is 0 Å². The van der Waals surface area contributed by atoms with Gasteiger partial charge in [0.25, 0.3) is 0 Å². The molecule has 214 valence electrons. The minimum absolute atomic E-state index is 0.0324. The summed E-state index contributed by atoms with van der Waals surface area (Å²) in [6, 6.07) is 19.9. The number of aryl methyl sites for hydroxylation is 1. The van der Waals surface area contributed by atoms with Crippen molar-refractivity contribution >= 4 is 34.1 Å². The van der Waals surface area contributed by atoms with Crippen LogP contribution < -0.4 is 10.2 Å². The van der Waals surface area contributed by atoms with E-state index in [2.05, 4.69) is 54.3 Å². The Morgan fingerprint density at radius 2 is 1.73 bits per heavy atom. The number of para-hydroxylation sites is 1. The van der Waals surface area contributed by atoms with Crippen molar-refractivity contribution in [1.82, 2.24) is 14.9 Å². The molecule has 0 saturated heterocycles. The van der Waals surface area contributed by atoms with Gasteiger partial charge in [0.1, 0.15) is 5.54 Å². The van der Waals surface area contributed by atoms with Gasteiger partial charge in [-0.15, -0.1) is 0 Å². The van der Waals surface area contributed by atoms with Gasteiger partial charge < -0.3 is 20.1 Å². The molecule has 7 heteroatoms. The predicted molar refractivity (Wildman–Crippen MR) is 166 cm³/mol. The summed E-state index contributed by atoms with van der Waals surface area (Å²) >= 11 is 0. The van der Waals surface area contributed by atoms with Crippen LogP contribution >= 0.6 is 0 Å². The molecule has 0 spiro atoms. The van der Waals surface area contributed by atoms with E-state index in [4.69, 9.17) is 0 Å². The molecule has 0 bridgehead atoms. The van der Waals surface area contributed by atoms with Crippen LogP contribution in [-0.4, -0.2) is 46.3 Å². The highest BCUT2D eigenvalue weighted by Crippen LogP contribution is 2.67. The van der Waals surface area contributed by atoms with E-state index in [-0.39, 0.29) is 29.1 Å². The molecule has 0 radical (unpaired) electrons. The number of pyridine rings is 1. The smallest absolute Gasteiger partial charge is 0.249 e. The Morgan fingerprint density at radius 1 is 1.02 bits per heavy atom. The summed E-state index contributed by atoms with van der Waals surface area (Å²) in [5.74, 6) is 0.165. The Kier molecular flexibility index (Phi) is 7.41. The zero-order chi connectivity index (χ0) is 29.5. The van der Waals surface area contributed by atoms with Crippen LogP contribution in [0.25, 0.3) is 10.9 Å². The molecule has 1 aliphatic carbocycles. The first-order chi connectivity index (χ1) is 19.4. The minimum Gasteiger partial charge on any atom is -0.378 e. The van der Waals surface area contributed by atoms with Crippen molar-refractivity contribution in [1.29, 1.82) is 0 Å². The van der Waals surface area contributed by atoms with Gasteiger partial charge in [0.05, 0.1) is 0 Å². The highest BCUT2D eigenvalue weighted by molar-refractivity contribution is 6.00. The molecule has 2 heterocycles. The van der Waals surface area contributed by atoms with E-state index >= 15 is 0 Å². The van der Waals surface area contributed by atoms with Gasteiger partial charge in [-0.3, -0.25) is 14.6 Å². The number of rotatable bonds is 9. The molecule has 0 aliphatic heterocycles. The first-order valence-electron chi connectivity index (χ1n) is 14.3. The second kappa shape index (κ2) is 10.7. The number of H-pyrrole nitrogens is 1. The number of aromatic amines is 1. The molecular formula is C34H41N5O2. The van der Waals surface area contributed by atoms with Gasteiger partial charge in [0.15, 0.2) is 0 Å². The lowest BCUT2D eigenvalue weighted by atomic mass is 9.98. The largest absolute Gasteiger partial charge is 0.378 e. The third kappa shape index (κ3) is 5.45. The number of fused-ring (bicyclic) bond motifs is 1.